The number of nitrogens with one attached hydrogen (secondary N) is 1. The summed E-state index contributed by atoms with van der Waals surface area (Å²) in [5.74, 6) is -0.433. The number of carboxylic acid groups (broad SMARTS) is 1. The number of hydrogen-bond donors (Lipinski definition) is 3. The molecular weight excluding hydrogens is 558 g/mol. The summed E-state index contributed by atoms with van der Waals surface area (Å²) in [6.07, 6.45) is 8.83. The number of hydrogen-bond acceptors (Lipinski definition) is 6. The van der Waals surface area contributed by atoms with Gasteiger partial charge in [0.1, 0.15) is 23.9 Å². The number of piperidine rings is 1. The van der Waals surface area contributed by atoms with Crippen LogP contribution in [0.25, 0.3) is 0 Å². The maximum Gasteiger partial charge on any atom is 0.335 e. The van der Waals surface area contributed by atoms with Gasteiger partial charge >= 0.3 is 5.97 Å². The smallest absolute Gasteiger partial charge is 0.335 e. The molecule has 2 amide bonds. The lowest BCUT2D eigenvalue weighted by Gasteiger charge is -2.52. The zero-order valence-corrected chi connectivity index (χ0v) is 25.9. The lowest BCUT2D eigenvalue weighted by atomic mass is 9.79. The number of amides is 2. The number of piperazine rings is 1. The van der Waals surface area contributed by atoms with Crippen molar-refractivity contribution in [2.45, 2.75) is 108 Å². The van der Waals surface area contributed by atoms with Gasteiger partial charge in [-0.3, -0.25) is 14.5 Å². The highest BCUT2D eigenvalue weighted by atomic mass is 16.5. The largest absolute Gasteiger partial charge is 0.489 e. The van der Waals surface area contributed by atoms with E-state index in [0.29, 0.717) is 51.0 Å². The number of carbonyl (C=O) groups excluding carboxylic acids is 2. The average molecular weight is 606 g/mol. The van der Waals surface area contributed by atoms with Crippen molar-refractivity contribution in [2.24, 2.45) is 0 Å². The molecule has 0 bridgehead atoms. The molecule has 3 fully saturated rings. The first-order chi connectivity index (χ1) is 21.2. The molecule has 0 aromatic heterocycles. The minimum absolute atomic E-state index is 0.0280. The van der Waals surface area contributed by atoms with E-state index in [1.54, 1.807) is 12.1 Å². The van der Waals surface area contributed by atoms with Crippen molar-refractivity contribution in [3.63, 3.8) is 0 Å². The van der Waals surface area contributed by atoms with E-state index in [1.807, 2.05) is 17.0 Å². The van der Waals surface area contributed by atoms with Crippen molar-refractivity contribution in [2.75, 3.05) is 19.6 Å². The summed E-state index contributed by atoms with van der Waals surface area (Å²) in [6.45, 7) is 5.25. The molecule has 1 aliphatic carbocycles. The molecule has 0 unspecified atom stereocenters. The maximum atomic E-state index is 13.9. The minimum atomic E-state index is -0.963. The lowest BCUT2D eigenvalue weighted by molar-refractivity contribution is -0.163. The Morgan fingerprint density at radius 2 is 1.57 bits per heavy atom. The molecule has 3 aliphatic rings. The fourth-order valence-corrected chi connectivity index (χ4v) is 7.06. The molecule has 2 aliphatic heterocycles. The maximum absolute atomic E-state index is 13.9. The SMILES string of the molecule is CCCCN1C(=O)[C@@H](CC2(O)CCCCCC2)NC(=O)C12CCN(Cc1ccc(COc3ccc(C(=O)O)cc3)cc1)CC2. The minimum Gasteiger partial charge on any atom is -0.489 e. The Labute approximate surface area is 260 Å². The molecule has 2 heterocycles. The number of likely N-dealkylation sites (tertiary alicyclic amines) is 1. The Morgan fingerprint density at radius 3 is 2.18 bits per heavy atom. The first-order valence-electron chi connectivity index (χ1n) is 16.3. The zero-order valence-electron chi connectivity index (χ0n) is 25.9. The second kappa shape index (κ2) is 14.1. The summed E-state index contributed by atoms with van der Waals surface area (Å²) in [7, 11) is 0. The number of aromatic carboxylic acids is 1. The number of benzene rings is 2. The fraction of sp³-hybridized carbons (Fsp3) is 0.571. The van der Waals surface area contributed by atoms with Gasteiger partial charge in [0.2, 0.25) is 11.8 Å². The molecule has 5 rings (SSSR count). The van der Waals surface area contributed by atoms with Crippen molar-refractivity contribution >= 4 is 17.8 Å². The van der Waals surface area contributed by atoms with E-state index in [2.05, 4.69) is 29.3 Å². The van der Waals surface area contributed by atoms with Gasteiger partial charge in [0.05, 0.1) is 11.2 Å². The summed E-state index contributed by atoms with van der Waals surface area (Å²) < 4.78 is 5.81. The van der Waals surface area contributed by atoms with Gasteiger partial charge in [0.15, 0.2) is 0 Å². The highest BCUT2D eigenvalue weighted by molar-refractivity contribution is 6.00. The zero-order chi connectivity index (χ0) is 31.2. The molecule has 238 valence electrons. The quantitative estimate of drug-likeness (QED) is 0.312. The Kier molecular flexibility index (Phi) is 10.3. The van der Waals surface area contributed by atoms with Crippen molar-refractivity contribution in [1.29, 1.82) is 0 Å². The third-order valence-corrected chi connectivity index (χ3v) is 9.78. The number of nitrogens with zero attached hydrogens (tertiary/aromatic N) is 2. The van der Waals surface area contributed by atoms with Gasteiger partial charge in [-0.1, -0.05) is 63.3 Å². The molecular formula is C35H47N3O6. The van der Waals surface area contributed by atoms with Crippen molar-refractivity contribution in [3.05, 3.63) is 65.2 Å². The molecule has 0 radical (unpaired) electrons. The van der Waals surface area contributed by atoms with Crippen LogP contribution in [0.3, 0.4) is 0 Å². The number of rotatable bonds is 11. The number of aliphatic hydroxyl groups is 1. The van der Waals surface area contributed by atoms with Crippen molar-refractivity contribution < 1.29 is 29.3 Å². The number of unbranched alkanes of at least 4 members (excludes halogenated alkanes) is 1. The summed E-state index contributed by atoms with van der Waals surface area (Å²) in [6, 6.07) is 14.0. The third kappa shape index (κ3) is 7.44. The van der Waals surface area contributed by atoms with E-state index < -0.39 is 23.2 Å². The predicted molar refractivity (Wildman–Crippen MR) is 167 cm³/mol. The van der Waals surface area contributed by atoms with Gasteiger partial charge < -0.3 is 25.2 Å². The monoisotopic (exact) mass is 605 g/mol. The van der Waals surface area contributed by atoms with Crippen LogP contribution in [0.4, 0.5) is 0 Å². The van der Waals surface area contributed by atoms with Crippen LogP contribution in [-0.4, -0.2) is 74.6 Å². The molecule has 3 N–H and O–H groups in total. The number of carboxylic acids is 1. The molecule has 2 aromatic carbocycles. The van der Waals surface area contributed by atoms with Crippen LogP contribution in [0.2, 0.25) is 0 Å². The fourth-order valence-electron chi connectivity index (χ4n) is 7.06. The molecule has 9 heteroatoms. The average Bonchev–Trinajstić information content (AvgIpc) is 3.25. The first-order valence-corrected chi connectivity index (χ1v) is 16.3. The second-order valence-corrected chi connectivity index (χ2v) is 13.0. The van der Waals surface area contributed by atoms with E-state index in [0.717, 1.165) is 63.7 Å². The second-order valence-electron chi connectivity index (χ2n) is 13.0. The van der Waals surface area contributed by atoms with E-state index in [-0.39, 0.29) is 17.4 Å². The van der Waals surface area contributed by atoms with Crippen LogP contribution in [0.1, 0.15) is 99.0 Å². The molecule has 44 heavy (non-hydrogen) atoms. The van der Waals surface area contributed by atoms with Gasteiger partial charge in [0, 0.05) is 32.6 Å². The lowest BCUT2D eigenvalue weighted by Crippen LogP contribution is -2.73. The van der Waals surface area contributed by atoms with Gasteiger partial charge in [-0.05, 0) is 67.5 Å². The van der Waals surface area contributed by atoms with Gasteiger partial charge in [-0.25, -0.2) is 4.79 Å². The van der Waals surface area contributed by atoms with Gasteiger partial charge in [-0.15, -0.1) is 0 Å². The van der Waals surface area contributed by atoms with E-state index in [4.69, 9.17) is 9.84 Å². The Bertz CT molecular complexity index is 1280. The normalized spacial score (nSPS) is 22.0. The molecule has 9 nitrogen and oxygen atoms in total. The van der Waals surface area contributed by atoms with Crippen LogP contribution in [0.15, 0.2) is 48.5 Å². The molecule has 1 atom stereocenters. The Hall–Kier alpha value is -3.43. The van der Waals surface area contributed by atoms with Gasteiger partial charge in [-0.2, -0.15) is 0 Å². The summed E-state index contributed by atoms with van der Waals surface area (Å²) >= 11 is 0. The molecule has 2 aromatic rings. The topological polar surface area (TPSA) is 119 Å². The Balaban J connectivity index is 1.17. The van der Waals surface area contributed by atoms with E-state index in [1.165, 1.54) is 17.7 Å². The van der Waals surface area contributed by atoms with Gasteiger partial charge in [0.25, 0.3) is 0 Å². The standard InChI is InChI=1S/C35H47N3O6/c1-2-3-20-38-31(39)30(23-34(43)16-6-4-5-7-17-34)36-33(42)35(38)18-21-37(22-19-35)24-26-8-10-27(11-9-26)25-44-29-14-12-28(13-15-29)32(40)41/h8-15,30,43H,2-7,16-25H2,1H3,(H,36,42)(H,40,41)/t30-/m1/s1. The van der Waals surface area contributed by atoms with Crippen molar-refractivity contribution in [1.82, 2.24) is 15.1 Å². The Morgan fingerprint density at radius 1 is 0.932 bits per heavy atom. The van der Waals surface area contributed by atoms with Crippen LogP contribution in [0.5, 0.6) is 5.75 Å². The molecule has 2 saturated heterocycles. The van der Waals surface area contributed by atoms with Crippen LogP contribution < -0.4 is 10.1 Å². The highest BCUT2D eigenvalue weighted by Gasteiger charge is 2.54. The van der Waals surface area contributed by atoms with Crippen LogP contribution in [-0.2, 0) is 22.7 Å². The highest BCUT2D eigenvalue weighted by Crippen LogP contribution is 2.37. The molecule has 1 spiro atoms. The number of carbonyl (C=O) groups is 3. The first kappa shape index (κ1) is 32.0. The predicted octanol–water partition coefficient (Wildman–Crippen LogP) is 4.90. The summed E-state index contributed by atoms with van der Waals surface area (Å²) in [4.78, 5) is 42.9. The summed E-state index contributed by atoms with van der Waals surface area (Å²) in [5.41, 5.74) is 0.696. The molecule has 1 saturated carbocycles. The van der Waals surface area contributed by atoms with E-state index >= 15 is 0 Å². The van der Waals surface area contributed by atoms with Crippen molar-refractivity contribution in [3.8, 4) is 5.75 Å². The third-order valence-electron chi connectivity index (χ3n) is 9.78. The van der Waals surface area contributed by atoms with E-state index in [9.17, 15) is 19.5 Å². The van der Waals surface area contributed by atoms with Crippen LogP contribution >= 0.6 is 0 Å². The number of ether oxygens (including phenoxy) is 1. The van der Waals surface area contributed by atoms with Crippen LogP contribution in [0, 0.1) is 0 Å². The summed E-state index contributed by atoms with van der Waals surface area (Å²) in [5, 5.41) is 23.4.